The molecular weight excluding hydrogens is 232 g/mol. The molecule has 0 saturated heterocycles. The smallest absolute Gasteiger partial charge is 0.306 e. The summed E-state index contributed by atoms with van der Waals surface area (Å²) >= 11 is 0. The van der Waals surface area contributed by atoms with Gasteiger partial charge in [0.1, 0.15) is 11.7 Å². The molecule has 1 aliphatic heterocycles. The molecule has 1 rings (SSSR count). The first-order valence-electron chi connectivity index (χ1n) is 6.59. The zero-order valence-electron chi connectivity index (χ0n) is 11.1. The van der Waals surface area contributed by atoms with E-state index in [0.717, 1.165) is 19.3 Å². The highest BCUT2D eigenvalue weighted by molar-refractivity contribution is 5.89. The summed E-state index contributed by atoms with van der Waals surface area (Å²) in [6.07, 6.45) is 5.93. The molecular formula is C14H22O4. The largest absolute Gasteiger partial charge is 0.459 e. The third-order valence-corrected chi connectivity index (χ3v) is 3.21. The zero-order valence-corrected chi connectivity index (χ0v) is 11.1. The van der Waals surface area contributed by atoms with E-state index >= 15 is 0 Å². The number of hydrogen-bond acceptors (Lipinski definition) is 4. The molecule has 0 spiro atoms. The second kappa shape index (κ2) is 6.69. The molecule has 0 aromatic carbocycles. The average molecular weight is 254 g/mol. The summed E-state index contributed by atoms with van der Waals surface area (Å²) in [7, 11) is 0. The Balaban J connectivity index is 2.84. The van der Waals surface area contributed by atoms with Crippen molar-refractivity contribution in [1.29, 1.82) is 0 Å². The maximum absolute atomic E-state index is 11.6. The second-order valence-electron chi connectivity index (χ2n) is 4.97. The van der Waals surface area contributed by atoms with Crippen molar-refractivity contribution in [2.45, 2.75) is 64.1 Å². The van der Waals surface area contributed by atoms with Crippen LogP contribution in [0.15, 0.2) is 12.2 Å². The van der Waals surface area contributed by atoms with E-state index in [9.17, 15) is 14.7 Å². The molecule has 0 aromatic heterocycles. The zero-order chi connectivity index (χ0) is 13.6. The normalized spacial score (nSPS) is 33.2. The Hall–Kier alpha value is -1.16. The molecule has 2 atom stereocenters. The van der Waals surface area contributed by atoms with Crippen LogP contribution in [0.25, 0.3) is 0 Å². The third kappa shape index (κ3) is 4.61. The van der Waals surface area contributed by atoms with Crippen molar-refractivity contribution in [2.24, 2.45) is 0 Å². The van der Waals surface area contributed by atoms with E-state index in [1.54, 1.807) is 6.92 Å². The highest BCUT2D eigenvalue weighted by Crippen LogP contribution is 2.20. The number of ketones is 1. The van der Waals surface area contributed by atoms with E-state index < -0.39 is 11.7 Å². The standard InChI is InChI=1S/C14H22O4/c1-3-12-14(2,17)10-9-11(15)7-5-4-6-8-13(16)18-12/h9-10,12,17H,3-8H2,1-2H3/b10-9+. The number of carbonyl (C=O) groups is 2. The Morgan fingerprint density at radius 1 is 1.33 bits per heavy atom. The van der Waals surface area contributed by atoms with Crippen molar-refractivity contribution in [2.75, 3.05) is 0 Å². The molecule has 0 aliphatic carbocycles. The van der Waals surface area contributed by atoms with Gasteiger partial charge in [0.25, 0.3) is 0 Å². The first kappa shape index (κ1) is 14.9. The minimum Gasteiger partial charge on any atom is -0.459 e. The first-order chi connectivity index (χ1) is 8.45. The van der Waals surface area contributed by atoms with E-state index in [0.29, 0.717) is 19.3 Å². The lowest BCUT2D eigenvalue weighted by atomic mass is 9.95. The van der Waals surface area contributed by atoms with Crippen LogP contribution in [-0.4, -0.2) is 28.6 Å². The average Bonchev–Trinajstić information content (AvgIpc) is 2.31. The van der Waals surface area contributed by atoms with Crippen LogP contribution in [-0.2, 0) is 14.3 Å². The van der Waals surface area contributed by atoms with Gasteiger partial charge in [-0.05, 0) is 38.3 Å². The summed E-state index contributed by atoms with van der Waals surface area (Å²) in [5.74, 6) is -0.264. The minimum absolute atomic E-state index is 0.0111. The van der Waals surface area contributed by atoms with Crippen LogP contribution in [0, 0.1) is 0 Å². The van der Waals surface area contributed by atoms with Crippen LogP contribution >= 0.6 is 0 Å². The molecule has 4 heteroatoms. The van der Waals surface area contributed by atoms with Crippen molar-refractivity contribution in [1.82, 2.24) is 0 Å². The van der Waals surface area contributed by atoms with Gasteiger partial charge >= 0.3 is 5.97 Å². The van der Waals surface area contributed by atoms with Gasteiger partial charge in [0, 0.05) is 12.8 Å². The summed E-state index contributed by atoms with van der Waals surface area (Å²) in [4.78, 5) is 23.1. The molecule has 0 amide bonds. The van der Waals surface area contributed by atoms with Crippen LogP contribution in [0.2, 0.25) is 0 Å². The topological polar surface area (TPSA) is 63.6 Å². The molecule has 18 heavy (non-hydrogen) atoms. The fourth-order valence-corrected chi connectivity index (χ4v) is 2.03. The summed E-state index contributed by atoms with van der Waals surface area (Å²) in [5, 5.41) is 10.2. The van der Waals surface area contributed by atoms with Crippen molar-refractivity contribution in [3.63, 3.8) is 0 Å². The lowest BCUT2D eigenvalue weighted by Gasteiger charge is -2.29. The second-order valence-corrected chi connectivity index (χ2v) is 4.97. The number of carbonyl (C=O) groups excluding carboxylic acids is 2. The summed E-state index contributed by atoms with van der Waals surface area (Å²) < 4.78 is 5.27. The quantitative estimate of drug-likeness (QED) is 0.728. The number of ether oxygens (including phenoxy) is 1. The van der Waals surface area contributed by atoms with Crippen LogP contribution in [0.5, 0.6) is 0 Å². The number of hydrogen-bond donors (Lipinski definition) is 1. The Bertz CT molecular complexity index is 331. The molecule has 0 aromatic rings. The molecule has 2 unspecified atom stereocenters. The molecule has 1 heterocycles. The summed E-state index contributed by atoms with van der Waals surface area (Å²) in [5.41, 5.74) is -1.29. The van der Waals surface area contributed by atoms with Crippen molar-refractivity contribution >= 4 is 11.8 Å². The molecule has 1 N–H and O–H groups in total. The first-order valence-corrected chi connectivity index (χ1v) is 6.59. The predicted molar refractivity (Wildman–Crippen MR) is 68.0 cm³/mol. The van der Waals surface area contributed by atoms with Gasteiger partial charge in [-0.2, -0.15) is 0 Å². The van der Waals surface area contributed by atoms with E-state index in [2.05, 4.69) is 0 Å². The molecule has 102 valence electrons. The van der Waals surface area contributed by atoms with Gasteiger partial charge in [0.05, 0.1) is 0 Å². The molecule has 0 saturated carbocycles. The fourth-order valence-electron chi connectivity index (χ4n) is 2.03. The van der Waals surface area contributed by atoms with Gasteiger partial charge < -0.3 is 9.84 Å². The maximum atomic E-state index is 11.6. The van der Waals surface area contributed by atoms with Gasteiger partial charge in [-0.15, -0.1) is 0 Å². The monoisotopic (exact) mass is 254 g/mol. The number of allylic oxidation sites excluding steroid dienone is 1. The Kier molecular flexibility index (Phi) is 5.54. The highest BCUT2D eigenvalue weighted by atomic mass is 16.6. The Labute approximate surface area is 108 Å². The van der Waals surface area contributed by atoms with Gasteiger partial charge in [0.2, 0.25) is 0 Å². The highest BCUT2D eigenvalue weighted by Gasteiger charge is 2.31. The van der Waals surface area contributed by atoms with Gasteiger partial charge in [0.15, 0.2) is 5.78 Å². The lowest BCUT2D eigenvalue weighted by Crippen LogP contribution is -2.40. The fraction of sp³-hybridized carbons (Fsp3) is 0.714. The van der Waals surface area contributed by atoms with Crippen molar-refractivity contribution in [3.8, 4) is 0 Å². The van der Waals surface area contributed by atoms with Crippen molar-refractivity contribution < 1.29 is 19.4 Å². The maximum Gasteiger partial charge on any atom is 0.306 e. The molecule has 1 aliphatic rings. The predicted octanol–water partition coefficient (Wildman–Crippen LogP) is 2.15. The van der Waals surface area contributed by atoms with E-state index in [1.807, 2.05) is 6.92 Å². The van der Waals surface area contributed by atoms with Gasteiger partial charge in [-0.3, -0.25) is 9.59 Å². The number of aliphatic hydroxyl groups is 1. The molecule has 0 radical (unpaired) electrons. The van der Waals surface area contributed by atoms with Crippen LogP contribution in [0.4, 0.5) is 0 Å². The summed E-state index contributed by atoms with van der Waals surface area (Å²) in [6, 6.07) is 0. The summed E-state index contributed by atoms with van der Waals surface area (Å²) in [6.45, 7) is 3.40. The van der Waals surface area contributed by atoms with Crippen LogP contribution in [0.3, 0.4) is 0 Å². The van der Waals surface area contributed by atoms with Crippen molar-refractivity contribution in [3.05, 3.63) is 12.2 Å². The van der Waals surface area contributed by atoms with E-state index in [-0.39, 0.29) is 11.8 Å². The number of rotatable bonds is 1. The lowest BCUT2D eigenvalue weighted by molar-refractivity contribution is -0.159. The van der Waals surface area contributed by atoms with Crippen LogP contribution < -0.4 is 0 Å². The van der Waals surface area contributed by atoms with Gasteiger partial charge in [-0.1, -0.05) is 13.3 Å². The third-order valence-electron chi connectivity index (χ3n) is 3.21. The number of esters is 1. The van der Waals surface area contributed by atoms with E-state index in [1.165, 1.54) is 12.2 Å². The number of cyclic esters (lactones) is 1. The molecule has 0 bridgehead atoms. The van der Waals surface area contributed by atoms with E-state index in [4.69, 9.17) is 4.74 Å². The van der Waals surface area contributed by atoms with Crippen LogP contribution in [0.1, 0.15) is 52.4 Å². The Morgan fingerprint density at radius 2 is 2.00 bits per heavy atom. The Morgan fingerprint density at radius 3 is 2.67 bits per heavy atom. The SMILES string of the molecule is CCC1OC(=O)CCCCCC(=O)/C=C/C1(C)O. The molecule has 4 nitrogen and oxygen atoms in total. The molecule has 0 fully saturated rings. The minimum atomic E-state index is -1.29. The van der Waals surface area contributed by atoms with Gasteiger partial charge in [-0.25, -0.2) is 0 Å².